The van der Waals surface area contributed by atoms with Crippen LogP contribution in [0.5, 0.6) is 11.5 Å². The van der Waals surface area contributed by atoms with Crippen molar-refractivity contribution in [1.82, 2.24) is 15.0 Å². The Bertz CT molecular complexity index is 918. The van der Waals surface area contributed by atoms with E-state index in [-0.39, 0.29) is 6.04 Å². The molecule has 7 nitrogen and oxygen atoms in total. The maximum absolute atomic E-state index is 5.38. The van der Waals surface area contributed by atoms with Crippen LogP contribution in [0.1, 0.15) is 20.3 Å². The van der Waals surface area contributed by atoms with Crippen LogP contribution in [-0.2, 0) is 0 Å². The number of benzene rings is 1. The number of nitrogens with zero attached hydrogens (tertiary/aromatic N) is 3. The summed E-state index contributed by atoms with van der Waals surface area (Å²) >= 11 is 0. The fourth-order valence-electron chi connectivity index (χ4n) is 2.61. The number of anilines is 3. The molecule has 0 unspecified atom stereocenters. The highest BCUT2D eigenvalue weighted by molar-refractivity contribution is 5.67. The summed E-state index contributed by atoms with van der Waals surface area (Å²) in [5.41, 5.74) is 2.36. The first kappa shape index (κ1) is 19.4. The van der Waals surface area contributed by atoms with Crippen molar-refractivity contribution in [1.29, 1.82) is 0 Å². The van der Waals surface area contributed by atoms with E-state index in [1.54, 1.807) is 20.4 Å². The molecule has 2 N–H and O–H groups in total. The molecule has 28 heavy (non-hydrogen) atoms. The normalized spacial score (nSPS) is 11.6. The highest BCUT2D eigenvalue weighted by atomic mass is 16.5. The van der Waals surface area contributed by atoms with E-state index in [4.69, 9.17) is 9.47 Å². The summed E-state index contributed by atoms with van der Waals surface area (Å²) in [5.74, 6) is 2.53. The van der Waals surface area contributed by atoms with E-state index in [0.29, 0.717) is 23.3 Å². The SMILES string of the molecule is CC[C@@H](C)Nc1nc(Nc2ccc(OC)c(OC)c2)cc(-c2ccccn2)n1. The maximum atomic E-state index is 5.38. The largest absolute Gasteiger partial charge is 0.493 e. The molecule has 0 bridgehead atoms. The van der Waals surface area contributed by atoms with Crippen LogP contribution < -0.4 is 20.1 Å². The summed E-state index contributed by atoms with van der Waals surface area (Å²) in [5, 5.41) is 6.65. The summed E-state index contributed by atoms with van der Waals surface area (Å²) in [7, 11) is 3.22. The molecule has 3 rings (SSSR count). The number of aromatic nitrogens is 3. The summed E-state index contributed by atoms with van der Waals surface area (Å²) in [6, 6.07) is 13.5. The van der Waals surface area contributed by atoms with Crippen LogP contribution in [0.2, 0.25) is 0 Å². The van der Waals surface area contributed by atoms with Gasteiger partial charge in [-0.3, -0.25) is 4.98 Å². The minimum Gasteiger partial charge on any atom is -0.493 e. The fraction of sp³-hybridized carbons (Fsp3) is 0.286. The van der Waals surface area contributed by atoms with Crippen molar-refractivity contribution in [3.05, 3.63) is 48.7 Å². The lowest BCUT2D eigenvalue weighted by Gasteiger charge is -2.15. The molecule has 0 amide bonds. The van der Waals surface area contributed by atoms with Gasteiger partial charge in [-0.15, -0.1) is 0 Å². The number of nitrogens with one attached hydrogen (secondary N) is 2. The molecule has 0 saturated heterocycles. The highest BCUT2D eigenvalue weighted by Crippen LogP contribution is 2.31. The summed E-state index contributed by atoms with van der Waals surface area (Å²) < 4.78 is 10.7. The minimum atomic E-state index is 0.257. The fourth-order valence-corrected chi connectivity index (χ4v) is 2.61. The predicted molar refractivity (Wildman–Crippen MR) is 111 cm³/mol. The Morgan fingerprint density at radius 3 is 2.46 bits per heavy atom. The van der Waals surface area contributed by atoms with Gasteiger partial charge in [0.15, 0.2) is 11.5 Å². The first-order valence-electron chi connectivity index (χ1n) is 9.19. The molecule has 1 aromatic carbocycles. The minimum absolute atomic E-state index is 0.257. The van der Waals surface area contributed by atoms with Crippen molar-refractivity contribution in [2.75, 3.05) is 24.9 Å². The van der Waals surface area contributed by atoms with Gasteiger partial charge in [0.1, 0.15) is 5.82 Å². The molecule has 0 aliphatic rings. The number of methoxy groups -OCH3 is 2. The van der Waals surface area contributed by atoms with E-state index in [1.165, 1.54) is 0 Å². The molecule has 1 atom stereocenters. The topological polar surface area (TPSA) is 81.2 Å². The second-order valence-corrected chi connectivity index (χ2v) is 6.33. The first-order valence-corrected chi connectivity index (χ1v) is 9.19. The molecule has 0 aliphatic carbocycles. The van der Waals surface area contributed by atoms with Gasteiger partial charge in [-0.1, -0.05) is 13.0 Å². The third-order valence-corrected chi connectivity index (χ3v) is 4.30. The number of hydrogen-bond donors (Lipinski definition) is 2. The van der Waals surface area contributed by atoms with Crippen molar-refractivity contribution >= 4 is 17.5 Å². The van der Waals surface area contributed by atoms with Crippen LogP contribution in [0.25, 0.3) is 11.4 Å². The first-order chi connectivity index (χ1) is 13.6. The lowest BCUT2D eigenvalue weighted by Crippen LogP contribution is -2.16. The van der Waals surface area contributed by atoms with Gasteiger partial charge < -0.3 is 20.1 Å². The molecule has 0 aliphatic heterocycles. The van der Waals surface area contributed by atoms with Crippen LogP contribution in [0.4, 0.5) is 17.5 Å². The summed E-state index contributed by atoms with van der Waals surface area (Å²) in [6.45, 7) is 4.21. The van der Waals surface area contributed by atoms with Gasteiger partial charge in [0, 0.05) is 30.1 Å². The zero-order chi connectivity index (χ0) is 19.9. The van der Waals surface area contributed by atoms with E-state index in [9.17, 15) is 0 Å². The van der Waals surface area contributed by atoms with E-state index in [0.717, 1.165) is 23.5 Å². The number of rotatable bonds is 8. The van der Waals surface area contributed by atoms with Crippen LogP contribution in [0.15, 0.2) is 48.7 Å². The zero-order valence-corrected chi connectivity index (χ0v) is 16.6. The molecule has 0 fully saturated rings. The Labute approximate surface area is 165 Å². The van der Waals surface area contributed by atoms with Crippen molar-refractivity contribution in [3.8, 4) is 22.9 Å². The maximum Gasteiger partial charge on any atom is 0.225 e. The molecule has 0 saturated carbocycles. The van der Waals surface area contributed by atoms with Crippen molar-refractivity contribution in [2.24, 2.45) is 0 Å². The molecule has 2 heterocycles. The molecular weight excluding hydrogens is 354 g/mol. The van der Waals surface area contributed by atoms with Gasteiger partial charge in [0.25, 0.3) is 0 Å². The number of hydrogen-bond acceptors (Lipinski definition) is 7. The number of pyridine rings is 1. The summed E-state index contributed by atoms with van der Waals surface area (Å²) in [6.07, 6.45) is 2.72. The van der Waals surface area contributed by atoms with Gasteiger partial charge in [-0.05, 0) is 37.6 Å². The van der Waals surface area contributed by atoms with Crippen LogP contribution in [0, 0.1) is 0 Å². The van der Waals surface area contributed by atoms with Crippen molar-refractivity contribution in [2.45, 2.75) is 26.3 Å². The standard InChI is InChI=1S/C21H25N5O2/c1-5-14(2)23-21-25-17(16-8-6-7-11-22-16)13-20(26-21)24-15-9-10-18(27-3)19(12-15)28-4/h6-14H,5H2,1-4H3,(H2,23,24,25,26)/t14-/m1/s1. The van der Waals surface area contributed by atoms with E-state index in [2.05, 4.69) is 39.4 Å². The lowest BCUT2D eigenvalue weighted by molar-refractivity contribution is 0.355. The van der Waals surface area contributed by atoms with Crippen LogP contribution in [-0.4, -0.2) is 35.2 Å². The Kier molecular flexibility index (Phi) is 6.26. The average Bonchev–Trinajstić information content (AvgIpc) is 2.74. The molecule has 0 radical (unpaired) electrons. The van der Waals surface area contributed by atoms with E-state index >= 15 is 0 Å². The predicted octanol–water partition coefficient (Wildman–Crippen LogP) is 4.51. The third-order valence-electron chi connectivity index (χ3n) is 4.30. The molecule has 3 aromatic rings. The molecule has 7 heteroatoms. The Morgan fingerprint density at radius 2 is 1.79 bits per heavy atom. The average molecular weight is 379 g/mol. The molecule has 0 spiro atoms. The third kappa shape index (κ3) is 4.68. The van der Waals surface area contributed by atoms with Gasteiger partial charge in [-0.25, -0.2) is 4.98 Å². The van der Waals surface area contributed by atoms with Crippen molar-refractivity contribution in [3.63, 3.8) is 0 Å². The highest BCUT2D eigenvalue weighted by Gasteiger charge is 2.11. The summed E-state index contributed by atoms with van der Waals surface area (Å²) in [4.78, 5) is 13.6. The van der Waals surface area contributed by atoms with Gasteiger partial charge in [0.2, 0.25) is 5.95 Å². The lowest BCUT2D eigenvalue weighted by atomic mass is 10.2. The monoisotopic (exact) mass is 379 g/mol. The Balaban J connectivity index is 1.96. The smallest absolute Gasteiger partial charge is 0.225 e. The van der Waals surface area contributed by atoms with Crippen LogP contribution >= 0.6 is 0 Å². The number of ether oxygens (including phenoxy) is 2. The second-order valence-electron chi connectivity index (χ2n) is 6.33. The molecular formula is C21H25N5O2. The molecule has 2 aromatic heterocycles. The Morgan fingerprint density at radius 1 is 0.964 bits per heavy atom. The molecule has 146 valence electrons. The van der Waals surface area contributed by atoms with Gasteiger partial charge in [0.05, 0.1) is 25.6 Å². The van der Waals surface area contributed by atoms with E-state index in [1.807, 2.05) is 42.5 Å². The van der Waals surface area contributed by atoms with Crippen LogP contribution in [0.3, 0.4) is 0 Å². The van der Waals surface area contributed by atoms with Crippen molar-refractivity contribution < 1.29 is 9.47 Å². The van der Waals surface area contributed by atoms with E-state index < -0.39 is 0 Å². The quantitative estimate of drug-likeness (QED) is 0.596. The second kappa shape index (κ2) is 9.03. The Hall–Kier alpha value is -3.35. The van der Waals surface area contributed by atoms with Gasteiger partial charge >= 0.3 is 0 Å². The van der Waals surface area contributed by atoms with Gasteiger partial charge in [-0.2, -0.15) is 4.98 Å². The zero-order valence-electron chi connectivity index (χ0n) is 16.6.